The number of rotatable bonds is 5. The number of hydrogen-bond acceptors (Lipinski definition) is 3. The topological polar surface area (TPSA) is 78.4 Å². The molecule has 3 N–H and O–H groups in total. The van der Waals surface area contributed by atoms with Crippen LogP contribution in [0.3, 0.4) is 0 Å². The van der Waals surface area contributed by atoms with E-state index in [1.807, 2.05) is 0 Å². The Labute approximate surface area is 122 Å². The standard InChI is InChI=1S/C15H19FN2O3/c16-10-4-6-12(15(20)21)13(9-10)18-14(19)7-5-11-3-1-2-8-17-11/h4,6,9,11,17H,1-3,5,7-8H2,(H,18,19)(H,20,21). The lowest BCUT2D eigenvalue weighted by molar-refractivity contribution is -0.116. The van der Waals surface area contributed by atoms with Crippen LogP contribution in [0.1, 0.15) is 42.5 Å². The van der Waals surface area contributed by atoms with Crippen LogP contribution in [0.15, 0.2) is 18.2 Å². The van der Waals surface area contributed by atoms with Crippen LogP contribution in [0.25, 0.3) is 0 Å². The van der Waals surface area contributed by atoms with E-state index in [0.717, 1.165) is 44.0 Å². The van der Waals surface area contributed by atoms with Gasteiger partial charge < -0.3 is 15.7 Å². The van der Waals surface area contributed by atoms with Crippen LogP contribution in [0, 0.1) is 5.82 Å². The third kappa shape index (κ3) is 4.53. The Morgan fingerprint density at radius 1 is 1.38 bits per heavy atom. The summed E-state index contributed by atoms with van der Waals surface area (Å²) in [6, 6.07) is 3.57. The number of piperidine rings is 1. The highest BCUT2D eigenvalue weighted by molar-refractivity contribution is 6.00. The predicted octanol–water partition coefficient (Wildman–Crippen LogP) is 2.38. The van der Waals surface area contributed by atoms with Gasteiger partial charge in [0.2, 0.25) is 5.91 Å². The Morgan fingerprint density at radius 3 is 2.86 bits per heavy atom. The van der Waals surface area contributed by atoms with Crippen molar-refractivity contribution in [1.29, 1.82) is 0 Å². The van der Waals surface area contributed by atoms with Crippen molar-refractivity contribution in [3.63, 3.8) is 0 Å². The minimum atomic E-state index is -1.20. The first kappa shape index (κ1) is 15.4. The van der Waals surface area contributed by atoms with E-state index in [0.29, 0.717) is 12.5 Å². The fourth-order valence-corrected chi connectivity index (χ4v) is 2.49. The zero-order chi connectivity index (χ0) is 15.2. The molecule has 114 valence electrons. The summed E-state index contributed by atoms with van der Waals surface area (Å²) >= 11 is 0. The molecule has 0 aromatic heterocycles. The molecule has 1 aromatic carbocycles. The summed E-state index contributed by atoms with van der Waals surface area (Å²) in [5.74, 6) is -2.07. The van der Waals surface area contributed by atoms with E-state index in [-0.39, 0.29) is 23.6 Å². The first-order valence-corrected chi connectivity index (χ1v) is 7.12. The number of hydrogen-bond donors (Lipinski definition) is 3. The number of carboxylic acid groups (broad SMARTS) is 1. The highest BCUT2D eigenvalue weighted by atomic mass is 19.1. The van der Waals surface area contributed by atoms with Crippen LogP contribution in [-0.2, 0) is 4.79 Å². The van der Waals surface area contributed by atoms with Gasteiger partial charge in [-0.05, 0) is 44.0 Å². The van der Waals surface area contributed by atoms with E-state index in [9.17, 15) is 14.0 Å². The van der Waals surface area contributed by atoms with E-state index < -0.39 is 11.8 Å². The van der Waals surface area contributed by atoms with E-state index >= 15 is 0 Å². The number of nitrogens with one attached hydrogen (secondary N) is 2. The largest absolute Gasteiger partial charge is 0.478 e. The van der Waals surface area contributed by atoms with Crippen molar-refractivity contribution in [3.05, 3.63) is 29.6 Å². The molecule has 1 atom stereocenters. The van der Waals surface area contributed by atoms with Crippen molar-refractivity contribution in [2.45, 2.75) is 38.1 Å². The summed E-state index contributed by atoms with van der Waals surface area (Å²) in [5.41, 5.74) is -0.107. The van der Waals surface area contributed by atoms with Crippen molar-refractivity contribution in [1.82, 2.24) is 5.32 Å². The van der Waals surface area contributed by atoms with Crippen LogP contribution in [0.4, 0.5) is 10.1 Å². The molecule has 1 heterocycles. The van der Waals surface area contributed by atoms with Gasteiger partial charge in [0, 0.05) is 12.5 Å². The number of carbonyl (C=O) groups excluding carboxylic acids is 1. The van der Waals surface area contributed by atoms with Crippen LogP contribution in [-0.4, -0.2) is 29.6 Å². The van der Waals surface area contributed by atoms with E-state index in [2.05, 4.69) is 10.6 Å². The van der Waals surface area contributed by atoms with Crippen LogP contribution >= 0.6 is 0 Å². The van der Waals surface area contributed by atoms with Gasteiger partial charge in [-0.25, -0.2) is 9.18 Å². The molecule has 21 heavy (non-hydrogen) atoms. The minimum absolute atomic E-state index is 0.00380. The van der Waals surface area contributed by atoms with Gasteiger partial charge in [-0.1, -0.05) is 6.42 Å². The van der Waals surface area contributed by atoms with Gasteiger partial charge >= 0.3 is 5.97 Å². The molecule has 0 saturated carbocycles. The fourth-order valence-electron chi connectivity index (χ4n) is 2.49. The van der Waals surface area contributed by atoms with Crippen molar-refractivity contribution in [2.24, 2.45) is 0 Å². The van der Waals surface area contributed by atoms with E-state index in [4.69, 9.17) is 5.11 Å². The number of carboxylic acids is 1. The number of carbonyl (C=O) groups is 2. The third-order valence-corrected chi connectivity index (χ3v) is 3.62. The fraction of sp³-hybridized carbons (Fsp3) is 0.467. The highest BCUT2D eigenvalue weighted by Gasteiger charge is 2.16. The Bertz CT molecular complexity index is 528. The Kier molecular flexibility index (Phi) is 5.27. The maximum Gasteiger partial charge on any atom is 0.337 e. The lowest BCUT2D eigenvalue weighted by atomic mass is 10.0. The van der Waals surface area contributed by atoms with Crippen molar-refractivity contribution in [2.75, 3.05) is 11.9 Å². The van der Waals surface area contributed by atoms with Crippen LogP contribution in [0.5, 0.6) is 0 Å². The van der Waals surface area contributed by atoms with Gasteiger partial charge in [-0.15, -0.1) is 0 Å². The zero-order valence-electron chi connectivity index (χ0n) is 11.7. The van der Waals surface area contributed by atoms with Crippen molar-refractivity contribution >= 4 is 17.6 Å². The maximum atomic E-state index is 13.2. The molecule has 6 heteroatoms. The summed E-state index contributed by atoms with van der Waals surface area (Å²) in [7, 11) is 0. The molecule has 2 rings (SSSR count). The highest BCUT2D eigenvalue weighted by Crippen LogP contribution is 2.18. The second-order valence-electron chi connectivity index (χ2n) is 5.23. The Hall–Kier alpha value is -1.95. The lowest BCUT2D eigenvalue weighted by Gasteiger charge is -2.23. The summed E-state index contributed by atoms with van der Waals surface area (Å²) in [4.78, 5) is 22.9. The molecular weight excluding hydrogens is 275 g/mol. The summed E-state index contributed by atoms with van der Waals surface area (Å²) in [6.07, 6.45) is 4.35. The Morgan fingerprint density at radius 2 is 2.19 bits per heavy atom. The first-order valence-electron chi connectivity index (χ1n) is 7.12. The van der Waals surface area contributed by atoms with Gasteiger partial charge in [0.25, 0.3) is 0 Å². The molecule has 1 fully saturated rings. The molecule has 0 radical (unpaired) electrons. The number of halogens is 1. The second-order valence-corrected chi connectivity index (χ2v) is 5.23. The van der Waals surface area contributed by atoms with Gasteiger partial charge in [-0.2, -0.15) is 0 Å². The summed E-state index contributed by atoms with van der Waals surface area (Å²) < 4.78 is 13.2. The van der Waals surface area contributed by atoms with Gasteiger partial charge in [0.15, 0.2) is 0 Å². The molecule has 1 unspecified atom stereocenters. The van der Waals surface area contributed by atoms with Crippen molar-refractivity contribution < 1.29 is 19.1 Å². The Balaban J connectivity index is 1.92. The normalized spacial score (nSPS) is 18.2. The lowest BCUT2D eigenvalue weighted by Crippen LogP contribution is -2.34. The molecule has 0 aliphatic carbocycles. The molecular formula is C15H19FN2O3. The number of anilines is 1. The molecule has 1 aliphatic rings. The zero-order valence-corrected chi connectivity index (χ0v) is 11.7. The quantitative estimate of drug-likeness (QED) is 0.779. The third-order valence-electron chi connectivity index (χ3n) is 3.62. The molecule has 1 aliphatic heterocycles. The average Bonchev–Trinajstić information content (AvgIpc) is 2.46. The van der Waals surface area contributed by atoms with Crippen molar-refractivity contribution in [3.8, 4) is 0 Å². The number of aromatic carboxylic acids is 1. The maximum absolute atomic E-state index is 13.2. The van der Waals surface area contributed by atoms with Gasteiger partial charge in [0.1, 0.15) is 5.82 Å². The monoisotopic (exact) mass is 294 g/mol. The van der Waals surface area contributed by atoms with Crippen LogP contribution in [0.2, 0.25) is 0 Å². The summed E-state index contributed by atoms with van der Waals surface area (Å²) in [5, 5.41) is 14.8. The van der Waals surface area contributed by atoms with Crippen LogP contribution < -0.4 is 10.6 Å². The number of benzene rings is 1. The minimum Gasteiger partial charge on any atom is -0.478 e. The predicted molar refractivity (Wildman–Crippen MR) is 76.9 cm³/mol. The molecule has 1 aromatic rings. The smallest absolute Gasteiger partial charge is 0.337 e. The molecule has 5 nitrogen and oxygen atoms in total. The van der Waals surface area contributed by atoms with Gasteiger partial charge in [0.05, 0.1) is 11.3 Å². The van der Waals surface area contributed by atoms with Gasteiger partial charge in [-0.3, -0.25) is 4.79 Å². The second kappa shape index (κ2) is 7.17. The molecule has 1 saturated heterocycles. The van der Waals surface area contributed by atoms with E-state index in [1.54, 1.807) is 0 Å². The average molecular weight is 294 g/mol. The first-order chi connectivity index (χ1) is 10.1. The molecule has 0 spiro atoms. The SMILES string of the molecule is O=C(CCC1CCCCN1)Nc1cc(F)ccc1C(=O)O. The molecule has 0 bridgehead atoms. The van der Waals surface area contributed by atoms with E-state index in [1.165, 1.54) is 0 Å². The molecule has 1 amide bonds. The number of amides is 1. The summed E-state index contributed by atoms with van der Waals surface area (Å²) in [6.45, 7) is 0.972.